The van der Waals surface area contributed by atoms with Crippen molar-refractivity contribution in [2.75, 3.05) is 6.54 Å². The average molecular weight is 512 g/mol. The molecule has 0 unspecified atom stereocenters. The molecule has 4 rings (SSSR count). The molecule has 1 heterocycles. The number of ketones is 1. The van der Waals surface area contributed by atoms with Crippen LogP contribution in [-0.2, 0) is 32.5 Å². The molecule has 0 aromatic heterocycles. The summed E-state index contributed by atoms with van der Waals surface area (Å²) in [6, 6.07) is 18.5. The Morgan fingerprint density at radius 1 is 0.971 bits per heavy atom. The van der Waals surface area contributed by atoms with Crippen molar-refractivity contribution in [2.45, 2.75) is 43.5 Å². The molecular formula is C27H26ClNO5S. The number of carboxylic acid groups (broad SMARTS) is 1. The number of rotatable bonds is 8. The number of carbonyl (C=O) groups excluding carboxylic acids is 1. The third-order valence-electron chi connectivity index (χ3n) is 6.33. The number of hydrogen-bond acceptors (Lipinski definition) is 4. The first-order valence-electron chi connectivity index (χ1n) is 11.4. The second-order valence-electron chi connectivity index (χ2n) is 8.80. The van der Waals surface area contributed by atoms with E-state index in [1.54, 1.807) is 18.2 Å². The molecule has 1 saturated heterocycles. The quantitative estimate of drug-likeness (QED) is 0.464. The Bertz CT molecular complexity index is 1350. The molecule has 1 aliphatic rings. The number of sulfonamides is 1. The molecule has 1 fully saturated rings. The van der Waals surface area contributed by atoms with Crippen LogP contribution in [0.2, 0.25) is 5.02 Å². The predicted octanol–water partition coefficient (Wildman–Crippen LogP) is 4.91. The number of aryl methyl sites for hydroxylation is 1. The lowest BCUT2D eigenvalue weighted by Crippen LogP contribution is -2.40. The summed E-state index contributed by atoms with van der Waals surface area (Å²) in [5.74, 6) is -1.01. The minimum Gasteiger partial charge on any atom is -0.480 e. The minimum absolute atomic E-state index is 0.0779. The Hall–Kier alpha value is -3.00. The first-order chi connectivity index (χ1) is 16.6. The molecule has 0 aliphatic carbocycles. The monoisotopic (exact) mass is 511 g/mol. The van der Waals surface area contributed by atoms with Gasteiger partial charge in [0.2, 0.25) is 10.0 Å². The summed E-state index contributed by atoms with van der Waals surface area (Å²) >= 11 is 5.99. The molecule has 0 amide bonds. The van der Waals surface area contributed by atoms with Gasteiger partial charge >= 0.3 is 5.97 Å². The fourth-order valence-corrected chi connectivity index (χ4v) is 6.28. The summed E-state index contributed by atoms with van der Waals surface area (Å²) < 4.78 is 26.9. The van der Waals surface area contributed by atoms with Gasteiger partial charge < -0.3 is 5.11 Å². The van der Waals surface area contributed by atoms with Crippen LogP contribution >= 0.6 is 11.6 Å². The fourth-order valence-electron chi connectivity index (χ4n) is 4.40. The summed E-state index contributed by atoms with van der Waals surface area (Å²) in [5, 5.41) is 9.98. The fraction of sp³-hybridized carbons (Fsp3) is 0.259. The zero-order valence-corrected chi connectivity index (χ0v) is 20.8. The van der Waals surface area contributed by atoms with Crippen LogP contribution in [0.5, 0.6) is 0 Å². The maximum absolute atomic E-state index is 12.9. The van der Waals surface area contributed by atoms with Gasteiger partial charge in [-0.2, -0.15) is 4.31 Å². The van der Waals surface area contributed by atoms with Crippen molar-refractivity contribution in [3.05, 3.63) is 88.4 Å². The zero-order valence-electron chi connectivity index (χ0n) is 19.3. The van der Waals surface area contributed by atoms with E-state index in [1.807, 2.05) is 43.3 Å². The Morgan fingerprint density at radius 2 is 1.60 bits per heavy atom. The van der Waals surface area contributed by atoms with E-state index < -0.39 is 22.0 Å². The van der Waals surface area contributed by atoms with Crippen molar-refractivity contribution >= 4 is 33.4 Å². The summed E-state index contributed by atoms with van der Waals surface area (Å²) in [7, 11) is -3.88. The molecule has 8 heteroatoms. The maximum atomic E-state index is 12.9. The average Bonchev–Trinajstić information content (AvgIpc) is 3.33. The van der Waals surface area contributed by atoms with E-state index in [-0.39, 0.29) is 17.2 Å². The van der Waals surface area contributed by atoms with Gasteiger partial charge in [-0.15, -0.1) is 0 Å². The number of Topliss-reactive ketones (excluding diaryl/α,β-unsaturated/α-hetero) is 1. The Labute approximate surface area is 210 Å². The largest absolute Gasteiger partial charge is 0.480 e. The van der Waals surface area contributed by atoms with Gasteiger partial charge in [0.15, 0.2) is 0 Å². The first-order valence-corrected chi connectivity index (χ1v) is 13.2. The topological polar surface area (TPSA) is 91.8 Å². The van der Waals surface area contributed by atoms with Crippen LogP contribution in [-0.4, -0.2) is 42.2 Å². The maximum Gasteiger partial charge on any atom is 0.322 e. The van der Waals surface area contributed by atoms with Gasteiger partial charge in [-0.25, -0.2) is 8.42 Å². The van der Waals surface area contributed by atoms with Crippen LogP contribution in [0.4, 0.5) is 0 Å². The van der Waals surface area contributed by atoms with Crippen LogP contribution < -0.4 is 0 Å². The highest BCUT2D eigenvalue weighted by Gasteiger charge is 2.39. The highest BCUT2D eigenvalue weighted by molar-refractivity contribution is 7.89. The van der Waals surface area contributed by atoms with Crippen LogP contribution in [0.3, 0.4) is 0 Å². The summed E-state index contributed by atoms with van der Waals surface area (Å²) in [4.78, 5) is 24.0. The van der Waals surface area contributed by atoms with Crippen molar-refractivity contribution in [3.63, 3.8) is 0 Å². The molecule has 1 atom stereocenters. The molecular weight excluding hydrogens is 486 g/mol. The smallest absolute Gasteiger partial charge is 0.322 e. The molecule has 6 nitrogen and oxygen atoms in total. The van der Waals surface area contributed by atoms with Crippen LogP contribution in [0.1, 0.15) is 29.5 Å². The highest BCUT2D eigenvalue weighted by Crippen LogP contribution is 2.28. The second-order valence-corrected chi connectivity index (χ2v) is 11.1. The summed E-state index contributed by atoms with van der Waals surface area (Å²) in [6.45, 7) is 2.15. The van der Waals surface area contributed by atoms with Gasteiger partial charge in [0.25, 0.3) is 0 Å². The molecule has 1 aliphatic heterocycles. The molecule has 35 heavy (non-hydrogen) atoms. The number of hydrogen-bond donors (Lipinski definition) is 1. The highest BCUT2D eigenvalue weighted by atomic mass is 35.5. The number of nitrogens with zero attached hydrogens (tertiary/aromatic N) is 1. The third-order valence-corrected chi connectivity index (χ3v) is 8.49. The second kappa shape index (κ2) is 10.3. The van der Waals surface area contributed by atoms with Crippen molar-refractivity contribution in [3.8, 4) is 11.1 Å². The molecule has 0 bridgehead atoms. The normalized spacial score (nSPS) is 16.3. The van der Waals surface area contributed by atoms with Crippen LogP contribution in [0.25, 0.3) is 11.1 Å². The predicted molar refractivity (Wildman–Crippen MR) is 135 cm³/mol. The van der Waals surface area contributed by atoms with E-state index in [9.17, 15) is 23.1 Å². The molecule has 182 valence electrons. The Kier molecular flexibility index (Phi) is 7.40. The number of aliphatic carboxylic acids is 1. The summed E-state index contributed by atoms with van der Waals surface area (Å²) in [5.41, 5.74) is 4.58. The molecule has 0 saturated carbocycles. The van der Waals surface area contributed by atoms with Crippen LogP contribution in [0, 0.1) is 6.92 Å². The SMILES string of the molecule is Cc1cc(Cl)ccc1CC(=O)Cc1ccc(-c2ccc(S(=O)(=O)N3CCC[C@H]3C(=O)O)cc2)cc1. The van der Waals surface area contributed by atoms with E-state index in [0.717, 1.165) is 32.1 Å². The van der Waals surface area contributed by atoms with Crippen molar-refractivity contribution < 1.29 is 23.1 Å². The molecule has 1 N–H and O–H groups in total. The Morgan fingerprint density at radius 3 is 2.20 bits per heavy atom. The molecule has 0 spiro atoms. The van der Waals surface area contributed by atoms with Gasteiger partial charge in [-0.1, -0.05) is 54.1 Å². The number of benzene rings is 3. The molecule has 3 aromatic rings. The van der Waals surface area contributed by atoms with Gasteiger partial charge in [-0.3, -0.25) is 9.59 Å². The first kappa shape index (κ1) is 25.1. The van der Waals surface area contributed by atoms with Crippen molar-refractivity contribution in [2.24, 2.45) is 0 Å². The molecule has 0 radical (unpaired) electrons. The van der Waals surface area contributed by atoms with Gasteiger partial charge in [-0.05, 0) is 71.8 Å². The number of carboxylic acids is 1. The zero-order chi connectivity index (χ0) is 25.2. The lowest BCUT2D eigenvalue weighted by Gasteiger charge is -2.21. The van der Waals surface area contributed by atoms with Crippen LogP contribution in [0.15, 0.2) is 71.6 Å². The van der Waals surface area contributed by atoms with E-state index in [4.69, 9.17) is 11.6 Å². The lowest BCUT2D eigenvalue weighted by atomic mass is 9.98. The number of halogens is 1. The van der Waals surface area contributed by atoms with E-state index >= 15 is 0 Å². The van der Waals surface area contributed by atoms with Gasteiger partial charge in [0.05, 0.1) is 4.90 Å². The standard InChI is InChI=1S/C27H26ClNO5S/c1-18-15-23(28)11-8-22(18)17-24(30)16-19-4-6-20(7-5-19)21-9-12-25(13-10-21)35(33,34)29-14-2-3-26(29)27(31)32/h4-13,15,26H,2-3,14,16-17H2,1H3,(H,31,32)/t26-/m0/s1. The van der Waals surface area contributed by atoms with Gasteiger partial charge in [0, 0.05) is 24.4 Å². The third kappa shape index (κ3) is 5.64. The van der Waals surface area contributed by atoms with E-state index in [2.05, 4.69) is 0 Å². The van der Waals surface area contributed by atoms with E-state index in [1.165, 1.54) is 12.1 Å². The number of carbonyl (C=O) groups is 2. The minimum atomic E-state index is -3.88. The Balaban J connectivity index is 1.43. The van der Waals surface area contributed by atoms with Crippen molar-refractivity contribution in [1.82, 2.24) is 4.31 Å². The van der Waals surface area contributed by atoms with Gasteiger partial charge in [0.1, 0.15) is 11.8 Å². The van der Waals surface area contributed by atoms with Crippen molar-refractivity contribution in [1.29, 1.82) is 0 Å². The molecule has 3 aromatic carbocycles. The summed E-state index contributed by atoms with van der Waals surface area (Å²) in [6.07, 6.45) is 1.52. The lowest BCUT2D eigenvalue weighted by molar-refractivity contribution is -0.140. The van der Waals surface area contributed by atoms with E-state index in [0.29, 0.717) is 30.7 Å².